The molecular formula is C15H15F3N2S. The smallest absolute Gasteiger partial charge is 0.161 e. The monoisotopic (exact) mass is 312 g/mol. The van der Waals surface area contributed by atoms with E-state index in [9.17, 15) is 13.2 Å². The predicted molar refractivity (Wildman–Crippen MR) is 76.0 cm³/mol. The predicted octanol–water partition coefficient (Wildman–Crippen LogP) is 3.75. The largest absolute Gasteiger partial charge is 0.304 e. The van der Waals surface area contributed by atoms with E-state index in [0.717, 1.165) is 31.0 Å². The van der Waals surface area contributed by atoms with Crippen molar-refractivity contribution in [1.29, 1.82) is 0 Å². The fourth-order valence-corrected chi connectivity index (χ4v) is 3.88. The molecule has 3 rings (SSSR count). The Hall–Kier alpha value is -1.40. The Morgan fingerprint density at radius 1 is 1.19 bits per heavy atom. The first-order chi connectivity index (χ1) is 10.1. The molecule has 0 spiro atoms. The highest BCUT2D eigenvalue weighted by atomic mass is 32.1. The van der Waals surface area contributed by atoms with Crippen molar-refractivity contribution in [1.82, 2.24) is 10.3 Å². The molecule has 0 aliphatic heterocycles. The normalized spacial score (nSPS) is 15.2. The van der Waals surface area contributed by atoms with Gasteiger partial charge in [0.1, 0.15) is 10.8 Å². The highest BCUT2D eigenvalue weighted by Crippen LogP contribution is 2.34. The van der Waals surface area contributed by atoms with Gasteiger partial charge >= 0.3 is 0 Å². The van der Waals surface area contributed by atoms with Gasteiger partial charge in [0.25, 0.3) is 0 Å². The maximum atomic E-state index is 14.0. The van der Waals surface area contributed by atoms with Gasteiger partial charge in [-0.2, -0.15) is 0 Å². The van der Waals surface area contributed by atoms with Crippen LogP contribution < -0.4 is 5.32 Å². The molecule has 1 unspecified atom stereocenters. The van der Waals surface area contributed by atoms with E-state index < -0.39 is 23.5 Å². The van der Waals surface area contributed by atoms with E-state index in [1.54, 1.807) is 0 Å². The third-order valence-electron chi connectivity index (χ3n) is 3.62. The van der Waals surface area contributed by atoms with Gasteiger partial charge in [0, 0.05) is 16.5 Å². The molecule has 1 aliphatic carbocycles. The molecule has 1 aromatic heterocycles. The molecule has 112 valence electrons. The van der Waals surface area contributed by atoms with Gasteiger partial charge in [-0.05, 0) is 31.9 Å². The second kappa shape index (κ2) is 5.77. The van der Waals surface area contributed by atoms with Crippen molar-refractivity contribution in [2.75, 3.05) is 6.54 Å². The molecule has 6 heteroatoms. The summed E-state index contributed by atoms with van der Waals surface area (Å²) in [6.07, 6.45) is 3.02. The van der Waals surface area contributed by atoms with Gasteiger partial charge in [-0.1, -0.05) is 6.92 Å². The van der Waals surface area contributed by atoms with Crippen molar-refractivity contribution in [3.63, 3.8) is 0 Å². The van der Waals surface area contributed by atoms with Gasteiger partial charge < -0.3 is 5.32 Å². The van der Waals surface area contributed by atoms with Gasteiger partial charge in [0.2, 0.25) is 0 Å². The van der Waals surface area contributed by atoms with Crippen LogP contribution in [0.15, 0.2) is 12.1 Å². The van der Waals surface area contributed by atoms with Crippen LogP contribution in [0.2, 0.25) is 0 Å². The van der Waals surface area contributed by atoms with Crippen LogP contribution in [0.1, 0.15) is 40.5 Å². The highest BCUT2D eigenvalue weighted by molar-refractivity contribution is 7.11. The second-order valence-corrected chi connectivity index (χ2v) is 6.17. The summed E-state index contributed by atoms with van der Waals surface area (Å²) < 4.78 is 40.6. The molecule has 0 amide bonds. The van der Waals surface area contributed by atoms with E-state index in [1.165, 1.54) is 16.2 Å². The quantitative estimate of drug-likeness (QED) is 0.870. The van der Waals surface area contributed by atoms with Crippen LogP contribution in [0, 0.1) is 17.5 Å². The second-order valence-electron chi connectivity index (χ2n) is 5.05. The summed E-state index contributed by atoms with van der Waals surface area (Å²) >= 11 is 1.53. The molecule has 1 heterocycles. The first-order valence-electron chi connectivity index (χ1n) is 6.96. The highest BCUT2D eigenvalue weighted by Gasteiger charge is 2.25. The summed E-state index contributed by atoms with van der Waals surface area (Å²) in [7, 11) is 0. The lowest BCUT2D eigenvalue weighted by Gasteiger charge is -2.17. The minimum absolute atomic E-state index is 0.100. The van der Waals surface area contributed by atoms with Crippen LogP contribution >= 0.6 is 11.3 Å². The van der Waals surface area contributed by atoms with Gasteiger partial charge in [0.05, 0.1) is 11.7 Å². The molecule has 1 N–H and O–H groups in total. The van der Waals surface area contributed by atoms with E-state index in [-0.39, 0.29) is 5.56 Å². The number of hydrogen-bond acceptors (Lipinski definition) is 3. The number of aromatic nitrogens is 1. The van der Waals surface area contributed by atoms with E-state index in [4.69, 9.17) is 0 Å². The number of thiazole rings is 1. The van der Waals surface area contributed by atoms with Gasteiger partial charge in [-0.3, -0.25) is 0 Å². The van der Waals surface area contributed by atoms with Gasteiger partial charge in [-0.15, -0.1) is 11.3 Å². The summed E-state index contributed by atoms with van der Waals surface area (Å²) in [5.74, 6) is -2.97. The van der Waals surface area contributed by atoms with Crippen LogP contribution in [0.25, 0.3) is 0 Å². The molecule has 0 radical (unpaired) electrons. The molecular weight excluding hydrogens is 297 g/mol. The molecule has 1 atom stereocenters. The number of fused-ring (bicyclic) bond motifs is 1. The summed E-state index contributed by atoms with van der Waals surface area (Å²) in [5, 5.41) is 3.82. The number of nitrogens with one attached hydrogen (secondary N) is 1. The van der Waals surface area contributed by atoms with Crippen molar-refractivity contribution < 1.29 is 13.2 Å². The summed E-state index contributed by atoms with van der Waals surface area (Å²) in [6, 6.07) is 0.974. The summed E-state index contributed by atoms with van der Waals surface area (Å²) in [5.41, 5.74) is 1.16. The molecule has 21 heavy (non-hydrogen) atoms. The Kier molecular flexibility index (Phi) is 3.99. The molecule has 2 aromatic rings. The topological polar surface area (TPSA) is 24.9 Å². The summed E-state index contributed by atoms with van der Waals surface area (Å²) in [4.78, 5) is 5.77. The fraction of sp³-hybridized carbons (Fsp3) is 0.400. The van der Waals surface area contributed by atoms with E-state index in [2.05, 4.69) is 10.3 Å². The number of benzene rings is 1. The zero-order valence-electron chi connectivity index (χ0n) is 11.5. The molecule has 0 fully saturated rings. The molecule has 0 bridgehead atoms. The fourth-order valence-electron chi connectivity index (χ4n) is 2.63. The third kappa shape index (κ3) is 2.70. The molecule has 2 nitrogen and oxygen atoms in total. The minimum atomic E-state index is -1.17. The number of hydrogen-bond donors (Lipinski definition) is 1. The van der Waals surface area contributed by atoms with Crippen LogP contribution in [0.3, 0.4) is 0 Å². The van der Waals surface area contributed by atoms with Gasteiger partial charge in [-0.25, -0.2) is 18.2 Å². The van der Waals surface area contributed by atoms with E-state index in [0.29, 0.717) is 17.6 Å². The standard InChI is InChI=1S/C15H15F3N2S/c1-2-19-14(8-6-10(17)11(18)7-9(8)16)15-20-12-4-3-5-13(12)21-15/h6-7,14,19H,2-5H2,1H3. The van der Waals surface area contributed by atoms with Crippen LogP contribution in [0.5, 0.6) is 0 Å². The van der Waals surface area contributed by atoms with Gasteiger partial charge in [0.15, 0.2) is 11.6 Å². The lowest BCUT2D eigenvalue weighted by Crippen LogP contribution is -2.23. The van der Waals surface area contributed by atoms with Crippen molar-refractivity contribution in [3.05, 3.63) is 50.7 Å². The maximum Gasteiger partial charge on any atom is 0.161 e. The minimum Gasteiger partial charge on any atom is -0.304 e. The van der Waals surface area contributed by atoms with Crippen molar-refractivity contribution in [2.45, 2.75) is 32.2 Å². The molecule has 1 aromatic carbocycles. The number of nitrogens with zero attached hydrogens (tertiary/aromatic N) is 1. The molecule has 0 saturated carbocycles. The van der Waals surface area contributed by atoms with Crippen LogP contribution in [-0.2, 0) is 12.8 Å². The Labute approximate surface area is 125 Å². The maximum absolute atomic E-state index is 14.0. The zero-order chi connectivity index (χ0) is 15.0. The Morgan fingerprint density at radius 2 is 1.95 bits per heavy atom. The first-order valence-corrected chi connectivity index (χ1v) is 7.78. The Balaban J connectivity index is 2.03. The Morgan fingerprint density at radius 3 is 2.67 bits per heavy atom. The van der Waals surface area contributed by atoms with Crippen molar-refractivity contribution in [2.24, 2.45) is 0 Å². The van der Waals surface area contributed by atoms with Crippen LogP contribution in [0.4, 0.5) is 13.2 Å². The average molecular weight is 312 g/mol. The summed E-state index contributed by atoms with van der Waals surface area (Å²) in [6.45, 7) is 2.46. The average Bonchev–Trinajstić information content (AvgIpc) is 3.01. The Bertz CT molecular complexity index is 648. The van der Waals surface area contributed by atoms with Crippen LogP contribution in [-0.4, -0.2) is 11.5 Å². The van der Waals surface area contributed by atoms with Crippen molar-refractivity contribution >= 4 is 11.3 Å². The van der Waals surface area contributed by atoms with E-state index >= 15 is 0 Å². The lowest BCUT2D eigenvalue weighted by molar-refractivity contribution is 0.480. The number of rotatable bonds is 4. The molecule has 0 saturated heterocycles. The van der Waals surface area contributed by atoms with E-state index in [1.807, 2.05) is 6.92 Å². The van der Waals surface area contributed by atoms with Crippen molar-refractivity contribution in [3.8, 4) is 0 Å². The zero-order valence-corrected chi connectivity index (χ0v) is 12.4. The molecule has 1 aliphatic rings. The number of aryl methyl sites for hydroxylation is 2. The number of halogens is 3. The first kappa shape index (κ1) is 14.5. The lowest BCUT2D eigenvalue weighted by atomic mass is 10.1. The third-order valence-corrected chi connectivity index (χ3v) is 4.84. The SMILES string of the molecule is CCNC(c1nc2c(s1)CCC2)c1cc(F)c(F)cc1F.